The molecule has 1 N–H and O–H groups in total. The molecule has 1 heterocycles. The van der Waals surface area contributed by atoms with Crippen LogP contribution < -0.4 is 10.2 Å². The van der Waals surface area contributed by atoms with Crippen molar-refractivity contribution in [3.63, 3.8) is 0 Å². The van der Waals surface area contributed by atoms with Crippen molar-refractivity contribution in [3.8, 4) is 0 Å². The van der Waals surface area contributed by atoms with E-state index in [4.69, 9.17) is 0 Å². The first-order valence-electron chi connectivity index (χ1n) is 5.29. The molecule has 4 nitrogen and oxygen atoms in total. The van der Waals surface area contributed by atoms with Gasteiger partial charge in [-0.3, -0.25) is 0 Å². The van der Waals surface area contributed by atoms with Gasteiger partial charge in [-0.15, -0.1) is 10.2 Å². The zero-order valence-corrected chi connectivity index (χ0v) is 10.5. The van der Waals surface area contributed by atoms with E-state index in [0.29, 0.717) is 36.1 Å². The minimum atomic E-state index is -4.41. The number of rotatable bonds is 6. The molecule has 0 aliphatic heterocycles. The van der Waals surface area contributed by atoms with E-state index >= 15 is 0 Å². The van der Waals surface area contributed by atoms with E-state index in [1.165, 1.54) is 0 Å². The molecule has 0 saturated carbocycles. The van der Waals surface area contributed by atoms with Crippen molar-refractivity contribution in [3.05, 3.63) is 5.01 Å². The van der Waals surface area contributed by atoms with Gasteiger partial charge in [0.1, 0.15) is 0 Å². The Morgan fingerprint density at radius 2 is 2.00 bits per heavy atom. The SMILES string of the molecule is CCCN(CCNC)c1nnc(C(F)(F)F)s1. The molecule has 0 fully saturated rings. The first-order valence-corrected chi connectivity index (χ1v) is 6.11. The number of hydrogen-bond donors (Lipinski definition) is 1. The number of aromatic nitrogens is 2. The zero-order valence-electron chi connectivity index (χ0n) is 9.71. The Morgan fingerprint density at radius 3 is 2.47 bits per heavy atom. The van der Waals surface area contributed by atoms with Gasteiger partial charge in [0.05, 0.1) is 0 Å². The summed E-state index contributed by atoms with van der Waals surface area (Å²) in [4.78, 5) is 1.81. The fourth-order valence-corrected chi connectivity index (χ4v) is 2.04. The van der Waals surface area contributed by atoms with E-state index in [-0.39, 0.29) is 0 Å². The molecular formula is C9H15F3N4S. The van der Waals surface area contributed by atoms with Crippen LogP contribution in [0.25, 0.3) is 0 Å². The highest BCUT2D eigenvalue weighted by Gasteiger charge is 2.36. The van der Waals surface area contributed by atoms with Crippen LogP contribution in [0, 0.1) is 0 Å². The lowest BCUT2D eigenvalue weighted by Crippen LogP contribution is -2.31. The van der Waals surface area contributed by atoms with Crippen molar-refractivity contribution < 1.29 is 13.2 Å². The molecule has 0 aromatic carbocycles. The van der Waals surface area contributed by atoms with Crippen LogP contribution in [0.3, 0.4) is 0 Å². The van der Waals surface area contributed by atoms with Crippen LogP contribution >= 0.6 is 11.3 Å². The van der Waals surface area contributed by atoms with Crippen molar-refractivity contribution in [1.82, 2.24) is 15.5 Å². The average Bonchev–Trinajstić information content (AvgIpc) is 2.72. The van der Waals surface area contributed by atoms with Gasteiger partial charge >= 0.3 is 6.18 Å². The molecule has 0 radical (unpaired) electrons. The number of anilines is 1. The normalized spacial score (nSPS) is 11.8. The number of likely N-dealkylation sites (N-methyl/N-ethyl adjacent to an activating group) is 1. The third kappa shape index (κ3) is 4.12. The summed E-state index contributed by atoms with van der Waals surface area (Å²) in [6, 6.07) is 0. The Labute approximate surface area is 102 Å². The Morgan fingerprint density at radius 1 is 1.29 bits per heavy atom. The van der Waals surface area contributed by atoms with E-state index < -0.39 is 11.2 Å². The summed E-state index contributed by atoms with van der Waals surface area (Å²) in [5.41, 5.74) is 0. The summed E-state index contributed by atoms with van der Waals surface area (Å²) < 4.78 is 37.1. The lowest BCUT2D eigenvalue weighted by atomic mass is 10.4. The highest BCUT2D eigenvalue weighted by molar-refractivity contribution is 7.15. The lowest BCUT2D eigenvalue weighted by Gasteiger charge is -2.19. The second-order valence-electron chi connectivity index (χ2n) is 3.48. The van der Waals surface area contributed by atoms with Gasteiger partial charge in [0.25, 0.3) is 0 Å². The molecular weight excluding hydrogens is 253 g/mol. The molecule has 0 bridgehead atoms. The Hall–Kier alpha value is -0.890. The van der Waals surface area contributed by atoms with Gasteiger partial charge in [0.2, 0.25) is 10.1 Å². The van der Waals surface area contributed by atoms with Gasteiger partial charge in [-0.1, -0.05) is 18.3 Å². The van der Waals surface area contributed by atoms with Gasteiger partial charge < -0.3 is 10.2 Å². The van der Waals surface area contributed by atoms with Crippen molar-refractivity contribution >= 4 is 16.5 Å². The van der Waals surface area contributed by atoms with Gasteiger partial charge in [-0.2, -0.15) is 13.2 Å². The predicted octanol–water partition coefficient (Wildman–Crippen LogP) is 1.99. The Balaban J connectivity index is 2.76. The van der Waals surface area contributed by atoms with Gasteiger partial charge in [0.15, 0.2) is 0 Å². The number of hydrogen-bond acceptors (Lipinski definition) is 5. The number of nitrogens with one attached hydrogen (secondary N) is 1. The fourth-order valence-electron chi connectivity index (χ4n) is 1.28. The molecule has 1 aromatic heterocycles. The van der Waals surface area contributed by atoms with E-state index in [0.717, 1.165) is 6.42 Å². The van der Waals surface area contributed by atoms with E-state index in [1.54, 1.807) is 7.05 Å². The van der Waals surface area contributed by atoms with Crippen LogP contribution in [0.5, 0.6) is 0 Å². The van der Waals surface area contributed by atoms with Gasteiger partial charge in [-0.25, -0.2) is 0 Å². The molecule has 0 atom stereocenters. The highest BCUT2D eigenvalue weighted by Crippen LogP contribution is 2.34. The Kier molecular flexibility index (Phi) is 5.13. The summed E-state index contributed by atoms with van der Waals surface area (Å²) >= 11 is 0.589. The quantitative estimate of drug-likeness (QED) is 0.856. The number of nitrogens with zero attached hydrogens (tertiary/aromatic N) is 3. The van der Waals surface area contributed by atoms with Crippen molar-refractivity contribution in [2.45, 2.75) is 19.5 Å². The standard InChI is InChI=1S/C9H15F3N4S/c1-3-5-16(6-4-13-2)8-15-14-7(17-8)9(10,11)12/h13H,3-6H2,1-2H3. The molecule has 0 spiro atoms. The van der Waals surface area contributed by atoms with Crippen molar-refractivity contribution in [2.75, 3.05) is 31.6 Å². The maximum absolute atomic E-state index is 12.4. The van der Waals surface area contributed by atoms with Gasteiger partial charge in [-0.05, 0) is 13.5 Å². The number of halogens is 3. The monoisotopic (exact) mass is 268 g/mol. The van der Waals surface area contributed by atoms with Crippen molar-refractivity contribution in [1.29, 1.82) is 0 Å². The Bertz CT molecular complexity index is 339. The van der Waals surface area contributed by atoms with Crippen LogP contribution in [-0.2, 0) is 6.18 Å². The third-order valence-corrected chi connectivity index (χ3v) is 3.08. The van der Waals surface area contributed by atoms with Gasteiger partial charge in [0, 0.05) is 19.6 Å². The predicted molar refractivity (Wildman–Crippen MR) is 61.3 cm³/mol. The highest BCUT2D eigenvalue weighted by atomic mass is 32.1. The van der Waals surface area contributed by atoms with Crippen LogP contribution in [0.2, 0.25) is 0 Å². The molecule has 17 heavy (non-hydrogen) atoms. The molecule has 1 aromatic rings. The smallest absolute Gasteiger partial charge is 0.345 e. The first kappa shape index (κ1) is 14.2. The summed E-state index contributed by atoms with van der Waals surface area (Å²) in [6.07, 6.45) is -3.55. The summed E-state index contributed by atoms with van der Waals surface area (Å²) in [5.74, 6) is 0. The van der Waals surface area contributed by atoms with E-state index in [9.17, 15) is 13.2 Å². The molecule has 8 heteroatoms. The summed E-state index contributed by atoms with van der Waals surface area (Å²) in [5, 5.41) is 9.17. The zero-order chi connectivity index (χ0) is 12.9. The molecule has 0 saturated heterocycles. The van der Waals surface area contributed by atoms with E-state index in [1.807, 2.05) is 11.8 Å². The topological polar surface area (TPSA) is 41.0 Å². The molecule has 0 aliphatic rings. The molecule has 1 rings (SSSR count). The number of alkyl halides is 3. The van der Waals surface area contributed by atoms with Crippen LogP contribution in [0.15, 0.2) is 0 Å². The molecule has 0 amide bonds. The third-order valence-electron chi connectivity index (χ3n) is 2.05. The fraction of sp³-hybridized carbons (Fsp3) is 0.778. The maximum Gasteiger partial charge on any atom is 0.445 e. The van der Waals surface area contributed by atoms with Crippen LogP contribution in [0.1, 0.15) is 18.4 Å². The minimum Gasteiger partial charge on any atom is -0.345 e. The first-order chi connectivity index (χ1) is 7.99. The molecule has 98 valence electrons. The lowest BCUT2D eigenvalue weighted by molar-refractivity contribution is -0.138. The van der Waals surface area contributed by atoms with Crippen LogP contribution in [0.4, 0.5) is 18.3 Å². The second kappa shape index (κ2) is 6.15. The average molecular weight is 268 g/mol. The maximum atomic E-state index is 12.4. The second-order valence-corrected chi connectivity index (χ2v) is 4.43. The summed E-state index contributed by atoms with van der Waals surface area (Å²) in [7, 11) is 1.80. The summed E-state index contributed by atoms with van der Waals surface area (Å²) in [6.45, 7) is 3.96. The largest absolute Gasteiger partial charge is 0.445 e. The molecule has 0 unspecified atom stereocenters. The van der Waals surface area contributed by atoms with Crippen molar-refractivity contribution in [2.24, 2.45) is 0 Å². The van der Waals surface area contributed by atoms with E-state index in [2.05, 4.69) is 15.5 Å². The molecule has 0 aliphatic carbocycles. The van der Waals surface area contributed by atoms with Crippen LogP contribution in [-0.4, -0.2) is 36.9 Å². The minimum absolute atomic E-state index is 0.328.